The Balaban J connectivity index is 0.000000153. The third-order valence-electron chi connectivity index (χ3n) is 13.9. The minimum atomic E-state index is -3.04. The maximum atomic E-state index is 12.2. The molecule has 0 atom stereocenters. The van der Waals surface area contributed by atoms with Gasteiger partial charge in [0.05, 0.1) is 70.8 Å². The first kappa shape index (κ1) is 45.4. The van der Waals surface area contributed by atoms with Gasteiger partial charge in [-0.25, -0.2) is 18.4 Å². The van der Waals surface area contributed by atoms with Gasteiger partial charge < -0.3 is 18.9 Å². The zero-order valence-corrected chi connectivity index (χ0v) is 41.8. The highest BCUT2D eigenvalue weighted by Crippen LogP contribution is 2.39. The summed E-state index contributed by atoms with van der Waals surface area (Å²) in [6, 6.07) is 12.6. The minimum Gasteiger partial charge on any atom is -0.335 e. The number of aromatic nitrogens is 12. The Labute approximate surface area is 409 Å². The van der Waals surface area contributed by atoms with E-state index < -0.39 is 9.84 Å². The fourth-order valence-corrected chi connectivity index (χ4v) is 12.2. The van der Waals surface area contributed by atoms with E-state index in [-0.39, 0.29) is 23.3 Å². The van der Waals surface area contributed by atoms with Gasteiger partial charge in [0.2, 0.25) is 11.8 Å². The summed E-state index contributed by atoms with van der Waals surface area (Å²) in [5.74, 6) is 4.32. The monoisotopic (exact) mass is 978 g/mol. The van der Waals surface area contributed by atoms with Crippen LogP contribution in [0.2, 0.25) is 0 Å². The molecule has 0 saturated heterocycles. The number of thioether (sulfide) groups is 1. The third-order valence-corrected chi connectivity index (χ3v) is 16.3. The predicted octanol–water partition coefficient (Wildman–Crippen LogP) is 6.12. The van der Waals surface area contributed by atoms with E-state index in [4.69, 9.17) is 20.2 Å². The summed E-state index contributed by atoms with van der Waals surface area (Å²) in [6.45, 7) is 7.00. The maximum absolute atomic E-state index is 12.2. The van der Waals surface area contributed by atoms with E-state index in [0.29, 0.717) is 32.6 Å². The number of aryl methyl sites for hydroxylation is 4. The van der Waals surface area contributed by atoms with Gasteiger partial charge in [-0.2, -0.15) is 32.2 Å². The van der Waals surface area contributed by atoms with Gasteiger partial charge in [0.15, 0.2) is 9.84 Å². The van der Waals surface area contributed by atoms with Crippen LogP contribution in [0.1, 0.15) is 49.7 Å². The molecule has 360 valence electrons. The predicted molar refractivity (Wildman–Crippen MR) is 272 cm³/mol. The first-order valence-corrected chi connectivity index (χ1v) is 26.5. The number of hydrogen-bond donors (Lipinski definition) is 0. The smallest absolute Gasteiger partial charge is 0.219 e. The number of amides is 2. The molecule has 0 fully saturated rings. The second-order valence-corrected chi connectivity index (χ2v) is 21.9. The van der Waals surface area contributed by atoms with Crippen LogP contribution < -0.4 is 0 Å². The SMILES string of the molecule is CC(=O)N1CCn2c(C3=CCS(=O)(=O)CC3)nc(-c3ccc4c(c3)c(-c3cnn(C)c3)nn4C)c2C1.CC(=O)N1CCn2c(C3=CCSCC3)nc(-c3ccc4c(c3)c(-c3cnn(C)c3)nn4C)c2C1. The Morgan fingerprint density at radius 1 is 0.614 bits per heavy atom. The molecule has 8 aromatic rings. The molecule has 10 heterocycles. The van der Waals surface area contributed by atoms with Crippen LogP contribution in [0.15, 0.2) is 73.3 Å². The van der Waals surface area contributed by atoms with E-state index in [9.17, 15) is 18.0 Å². The molecule has 0 unspecified atom stereocenters. The molecule has 0 N–H and O–H groups in total. The summed E-state index contributed by atoms with van der Waals surface area (Å²) in [4.78, 5) is 38.4. The zero-order valence-electron chi connectivity index (χ0n) is 40.1. The highest BCUT2D eigenvalue weighted by Gasteiger charge is 2.31. The molecule has 2 aromatic carbocycles. The molecule has 12 rings (SSSR count). The standard InChI is InChI=1S/C25H27N7O3S.C25H27N7OS/c1-16(33)31-8-9-32-22(15-31)24(27-25(32)17-6-10-36(34,35)11-7-17)18-4-5-21-20(12-18)23(28-30(21)3)19-13-26-29(2)14-19;1-16(33)31-8-9-32-22(15-31)24(27-25(32)17-6-10-34-11-7-17)18-4-5-21-20(12-18)23(28-30(21)3)19-13-26-29(2)14-19/h4-6,12-14H,7-11,15H2,1-3H3;4-6,12-14H,7-11,15H2,1-3H3. The molecule has 20 heteroatoms. The van der Waals surface area contributed by atoms with Crippen LogP contribution in [0.25, 0.3) is 78.0 Å². The lowest BCUT2D eigenvalue weighted by Gasteiger charge is -2.29. The average molecular weight is 979 g/mol. The van der Waals surface area contributed by atoms with Gasteiger partial charge in [-0.3, -0.25) is 28.3 Å². The van der Waals surface area contributed by atoms with Crippen LogP contribution in [0.3, 0.4) is 0 Å². The van der Waals surface area contributed by atoms with Crippen molar-refractivity contribution in [2.75, 3.05) is 36.1 Å². The molecule has 0 bridgehead atoms. The number of sulfone groups is 1. The summed E-state index contributed by atoms with van der Waals surface area (Å²) in [5.41, 5.74) is 13.9. The van der Waals surface area contributed by atoms with Crippen LogP contribution in [0, 0.1) is 0 Å². The second kappa shape index (κ2) is 17.7. The first-order valence-electron chi connectivity index (χ1n) is 23.5. The largest absolute Gasteiger partial charge is 0.335 e. The number of allylic oxidation sites excluding steroid dienone is 2. The summed E-state index contributed by atoms with van der Waals surface area (Å²) in [5, 5.41) is 20.2. The van der Waals surface area contributed by atoms with Gasteiger partial charge in [-0.15, -0.1) is 0 Å². The highest BCUT2D eigenvalue weighted by atomic mass is 32.2. The van der Waals surface area contributed by atoms with Crippen molar-refractivity contribution < 1.29 is 18.0 Å². The molecule has 0 radical (unpaired) electrons. The lowest BCUT2D eigenvalue weighted by Crippen LogP contribution is -2.37. The molecule has 2 amide bonds. The van der Waals surface area contributed by atoms with E-state index >= 15 is 0 Å². The molecule has 0 saturated carbocycles. The number of hydrogen-bond acceptors (Lipinski definition) is 11. The lowest BCUT2D eigenvalue weighted by molar-refractivity contribution is -0.131. The Morgan fingerprint density at radius 3 is 1.53 bits per heavy atom. The molecule has 0 aliphatic carbocycles. The third kappa shape index (κ3) is 8.25. The first-order chi connectivity index (χ1) is 33.7. The lowest BCUT2D eigenvalue weighted by atomic mass is 10.0. The second-order valence-electron chi connectivity index (χ2n) is 18.5. The Bertz CT molecular complexity index is 3600. The van der Waals surface area contributed by atoms with Gasteiger partial charge in [0.25, 0.3) is 0 Å². The number of imidazole rings is 2. The molecule has 4 aliphatic rings. The van der Waals surface area contributed by atoms with Crippen LogP contribution in [0.5, 0.6) is 0 Å². The summed E-state index contributed by atoms with van der Waals surface area (Å²) in [7, 11) is 4.64. The molecular weight excluding hydrogens is 925 g/mol. The number of carbonyl (C=O) groups excluding carboxylic acids is 2. The summed E-state index contributed by atoms with van der Waals surface area (Å²) < 4.78 is 35.8. The van der Waals surface area contributed by atoms with Crippen molar-refractivity contribution >= 4 is 66.4 Å². The number of rotatable bonds is 6. The fourth-order valence-electron chi connectivity index (χ4n) is 10.2. The van der Waals surface area contributed by atoms with Crippen molar-refractivity contribution in [3.05, 3.63) is 96.4 Å². The van der Waals surface area contributed by atoms with Gasteiger partial charge in [0, 0.05) is 119 Å². The maximum Gasteiger partial charge on any atom is 0.219 e. The zero-order chi connectivity index (χ0) is 48.6. The van der Waals surface area contributed by atoms with Gasteiger partial charge in [-0.1, -0.05) is 24.3 Å². The number of fused-ring (bicyclic) bond motifs is 4. The molecule has 0 spiro atoms. The topological polar surface area (TPSA) is 182 Å². The Kier molecular flexibility index (Phi) is 11.5. The van der Waals surface area contributed by atoms with Gasteiger partial charge in [-0.05, 0) is 54.0 Å². The van der Waals surface area contributed by atoms with Crippen molar-refractivity contribution in [1.29, 1.82) is 0 Å². The van der Waals surface area contributed by atoms with E-state index in [0.717, 1.165) is 126 Å². The van der Waals surface area contributed by atoms with Crippen LogP contribution >= 0.6 is 11.8 Å². The highest BCUT2D eigenvalue weighted by molar-refractivity contribution is 7.99. The minimum absolute atomic E-state index is 0.0273. The van der Waals surface area contributed by atoms with Crippen molar-refractivity contribution in [3.8, 4) is 45.0 Å². The van der Waals surface area contributed by atoms with Crippen LogP contribution in [-0.2, 0) is 73.8 Å². The summed E-state index contributed by atoms with van der Waals surface area (Å²) in [6.07, 6.45) is 13.2. The molecular formula is C50H54N14O4S2. The fraction of sp³-hybridized carbons (Fsp3) is 0.360. The quantitative estimate of drug-likeness (QED) is 0.187. The molecule has 18 nitrogen and oxygen atoms in total. The van der Waals surface area contributed by atoms with Crippen molar-refractivity contribution in [1.82, 2.24) is 68.0 Å². The number of nitrogens with zero attached hydrogens (tertiary/aromatic N) is 14. The van der Waals surface area contributed by atoms with Crippen LogP contribution in [-0.4, -0.2) is 124 Å². The molecule has 6 aromatic heterocycles. The van der Waals surface area contributed by atoms with Crippen molar-refractivity contribution in [2.24, 2.45) is 28.2 Å². The van der Waals surface area contributed by atoms with E-state index in [1.54, 1.807) is 35.5 Å². The number of carbonyl (C=O) groups is 2. The average Bonchev–Trinajstić information content (AvgIpc) is 4.23. The van der Waals surface area contributed by atoms with Gasteiger partial charge >= 0.3 is 0 Å². The van der Waals surface area contributed by atoms with E-state index in [2.05, 4.69) is 49.7 Å². The van der Waals surface area contributed by atoms with E-state index in [1.165, 1.54) is 5.57 Å². The Morgan fingerprint density at radius 2 is 1.11 bits per heavy atom. The van der Waals surface area contributed by atoms with E-state index in [1.807, 2.05) is 89.8 Å². The van der Waals surface area contributed by atoms with Crippen molar-refractivity contribution in [3.63, 3.8) is 0 Å². The van der Waals surface area contributed by atoms with Crippen molar-refractivity contribution in [2.45, 2.75) is 52.9 Å². The van der Waals surface area contributed by atoms with Gasteiger partial charge in [0.1, 0.15) is 23.0 Å². The molecule has 4 aliphatic heterocycles. The number of benzene rings is 2. The molecule has 70 heavy (non-hydrogen) atoms. The Hall–Kier alpha value is -7.06. The summed E-state index contributed by atoms with van der Waals surface area (Å²) >= 11 is 1.96. The van der Waals surface area contributed by atoms with Crippen LogP contribution in [0.4, 0.5) is 0 Å². The normalized spacial score (nSPS) is 16.7.